The molecule has 0 saturated carbocycles. The van der Waals surface area contributed by atoms with Crippen molar-refractivity contribution in [3.63, 3.8) is 0 Å². The van der Waals surface area contributed by atoms with E-state index in [1.54, 1.807) is 14.0 Å². The average molecular weight is 214 g/mol. The molecule has 0 saturated heterocycles. The summed E-state index contributed by atoms with van der Waals surface area (Å²) in [4.78, 5) is 22.5. The molecule has 0 radical (unpaired) electrons. The summed E-state index contributed by atoms with van der Waals surface area (Å²) < 4.78 is 0. The van der Waals surface area contributed by atoms with Gasteiger partial charge >= 0.3 is 6.03 Å². The predicted octanol–water partition coefficient (Wildman–Crippen LogP) is 1.56. The smallest absolute Gasteiger partial charge is 0.314 e. The molecule has 0 aliphatic rings. The van der Waals surface area contributed by atoms with Gasteiger partial charge in [0.1, 0.15) is 5.78 Å². The van der Waals surface area contributed by atoms with E-state index < -0.39 is 5.41 Å². The third-order valence-corrected chi connectivity index (χ3v) is 3.49. The topological polar surface area (TPSA) is 58.2 Å². The molecule has 0 aliphatic carbocycles. The van der Waals surface area contributed by atoms with Gasteiger partial charge in [-0.05, 0) is 12.3 Å². The Morgan fingerprint density at radius 2 is 1.60 bits per heavy atom. The first-order valence-electron chi connectivity index (χ1n) is 5.12. The quantitative estimate of drug-likeness (QED) is 0.746. The lowest BCUT2D eigenvalue weighted by Gasteiger charge is -2.39. The van der Waals surface area contributed by atoms with Crippen molar-refractivity contribution in [3.8, 4) is 0 Å². The van der Waals surface area contributed by atoms with Gasteiger partial charge in [-0.3, -0.25) is 4.79 Å². The van der Waals surface area contributed by atoms with Gasteiger partial charge in [0.25, 0.3) is 0 Å². The van der Waals surface area contributed by atoms with Crippen LogP contribution in [-0.4, -0.2) is 25.4 Å². The van der Waals surface area contributed by atoms with Crippen LogP contribution in [0.5, 0.6) is 0 Å². The fraction of sp³-hybridized carbons (Fsp3) is 0.818. The summed E-state index contributed by atoms with van der Waals surface area (Å²) in [6, 6.07) is -0.220. The van der Waals surface area contributed by atoms with Crippen LogP contribution in [0, 0.1) is 10.8 Å². The number of carbonyl (C=O) groups is 2. The molecule has 2 N–H and O–H groups in total. The molecule has 88 valence electrons. The molecule has 0 spiro atoms. The van der Waals surface area contributed by atoms with E-state index in [0.717, 1.165) is 0 Å². The summed E-state index contributed by atoms with van der Waals surface area (Å²) in [5.41, 5.74) is -0.723. The molecule has 15 heavy (non-hydrogen) atoms. The number of urea groups is 1. The minimum absolute atomic E-state index is 0.131. The van der Waals surface area contributed by atoms with Gasteiger partial charge in [0, 0.05) is 19.0 Å². The highest BCUT2D eigenvalue weighted by molar-refractivity contribution is 5.82. The zero-order chi connectivity index (χ0) is 12.3. The Hall–Kier alpha value is -1.06. The van der Waals surface area contributed by atoms with Crippen molar-refractivity contribution in [1.29, 1.82) is 0 Å². The van der Waals surface area contributed by atoms with Gasteiger partial charge in [-0.15, -0.1) is 0 Å². The Morgan fingerprint density at radius 3 is 1.93 bits per heavy atom. The van der Waals surface area contributed by atoms with Gasteiger partial charge in [0.05, 0.1) is 0 Å². The van der Waals surface area contributed by atoms with Gasteiger partial charge < -0.3 is 10.6 Å². The summed E-state index contributed by atoms with van der Waals surface area (Å²) in [6.07, 6.45) is 0. The zero-order valence-corrected chi connectivity index (χ0v) is 10.5. The number of nitrogens with one attached hydrogen (secondary N) is 2. The zero-order valence-electron chi connectivity index (χ0n) is 10.5. The van der Waals surface area contributed by atoms with Crippen molar-refractivity contribution in [3.05, 3.63) is 0 Å². The number of hydrogen-bond acceptors (Lipinski definition) is 2. The maximum Gasteiger partial charge on any atom is 0.314 e. The van der Waals surface area contributed by atoms with Crippen LogP contribution in [0.2, 0.25) is 0 Å². The van der Waals surface area contributed by atoms with Crippen LogP contribution in [0.4, 0.5) is 4.79 Å². The molecule has 4 heteroatoms. The second kappa shape index (κ2) is 4.64. The molecule has 0 heterocycles. The lowest BCUT2D eigenvalue weighted by Crippen LogP contribution is -2.48. The van der Waals surface area contributed by atoms with Crippen LogP contribution in [0.15, 0.2) is 0 Å². The molecule has 0 aromatic rings. The fourth-order valence-electron chi connectivity index (χ4n) is 1.09. The van der Waals surface area contributed by atoms with Gasteiger partial charge in [-0.2, -0.15) is 0 Å². The molecule has 0 rings (SSSR count). The van der Waals surface area contributed by atoms with E-state index in [1.165, 1.54) is 0 Å². The van der Waals surface area contributed by atoms with Crippen molar-refractivity contribution in [2.24, 2.45) is 10.8 Å². The van der Waals surface area contributed by atoms with E-state index in [1.807, 2.05) is 27.7 Å². The van der Waals surface area contributed by atoms with Gasteiger partial charge in [-0.1, -0.05) is 27.7 Å². The molecule has 4 nitrogen and oxygen atoms in total. The molecule has 0 aromatic heterocycles. The standard InChI is InChI=1S/C11H22N2O2/c1-8(14)11(4,5)10(2,3)7-13-9(15)12-6/h7H2,1-6H3,(H2,12,13,15). The monoisotopic (exact) mass is 214 g/mol. The molecular formula is C11H22N2O2. The number of amides is 2. The third kappa shape index (κ3) is 3.22. The Balaban J connectivity index is 4.54. The molecule has 2 amide bonds. The molecule has 0 unspecified atom stereocenters. The maximum absolute atomic E-state index is 11.5. The Morgan fingerprint density at radius 1 is 1.13 bits per heavy atom. The Labute approximate surface area is 91.8 Å². The first kappa shape index (κ1) is 13.9. The largest absolute Gasteiger partial charge is 0.341 e. The number of carbonyl (C=O) groups excluding carboxylic acids is 2. The summed E-state index contributed by atoms with van der Waals surface area (Å²) >= 11 is 0. The molecule has 0 fully saturated rings. The number of hydrogen-bond donors (Lipinski definition) is 2. The van der Waals surface area contributed by atoms with Crippen LogP contribution < -0.4 is 10.6 Å². The molecule has 0 bridgehead atoms. The van der Waals surface area contributed by atoms with Gasteiger partial charge in [-0.25, -0.2) is 4.79 Å². The highest BCUT2D eigenvalue weighted by atomic mass is 16.2. The Kier molecular flexibility index (Phi) is 4.31. The van der Waals surface area contributed by atoms with Gasteiger partial charge in [0.15, 0.2) is 0 Å². The lowest BCUT2D eigenvalue weighted by molar-refractivity contribution is -0.130. The lowest BCUT2D eigenvalue weighted by atomic mass is 9.66. The maximum atomic E-state index is 11.5. The number of ketones is 1. The van der Waals surface area contributed by atoms with Crippen molar-refractivity contribution < 1.29 is 9.59 Å². The summed E-state index contributed by atoms with van der Waals surface area (Å²) in [7, 11) is 1.57. The Bertz CT molecular complexity index is 257. The van der Waals surface area contributed by atoms with Crippen molar-refractivity contribution in [2.75, 3.05) is 13.6 Å². The molecular weight excluding hydrogens is 192 g/mol. The third-order valence-electron chi connectivity index (χ3n) is 3.49. The van der Waals surface area contributed by atoms with Gasteiger partial charge in [0.2, 0.25) is 0 Å². The predicted molar refractivity (Wildman–Crippen MR) is 60.7 cm³/mol. The minimum atomic E-state index is -0.450. The number of rotatable bonds is 4. The average Bonchev–Trinajstić information content (AvgIpc) is 2.13. The van der Waals surface area contributed by atoms with E-state index in [4.69, 9.17) is 0 Å². The molecule has 0 atom stereocenters. The fourth-order valence-corrected chi connectivity index (χ4v) is 1.09. The second-order valence-corrected chi connectivity index (χ2v) is 5.00. The normalized spacial score (nSPS) is 12.1. The van der Waals surface area contributed by atoms with Crippen molar-refractivity contribution in [2.45, 2.75) is 34.6 Å². The number of Topliss-reactive ketones (excluding diaryl/α,β-unsaturated/α-hetero) is 1. The summed E-state index contributed by atoms with van der Waals surface area (Å²) in [6.45, 7) is 9.82. The highest BCUT2D eigenvalue weighted by Crippen LogP contribution is 2.38. The van der Waals surface area contributed by atoms with E-state index in [-0.39, 0.29) is 17.2 Å². The van der Waals surface area contributed by atoms with E-state index in [0.29, 0.717) is 6.54 Å². The van der Waals surface area contributed by atoms with Crippen LogP contribution in [0.25, 0.3) is 0 Å². The van der Waals surface area contributed by atoms with Crippen molar-refractivity contribution >= 4 is 11.8 Å². The van der Waals surface area contributed by atoms with E-state index in [2.05, 4.69) is 10.6 Å². The second-order valence-electron chi connectivity index (χ2n) is 5.00. The SMILES string of the molecule is CNC(=O)NCC(C)(C)C(C)(C)C(C)=O. The first-order chi connectivity index (χ1) is 6.65. The summed E-state index contributed by atoms with van der Waals surface area (Å²) in [5, 5.41) is 5.21. The van der Waals surface area contributed by atoms with E-state index in [9.17, 15) is 9.59 Å². The highest BCUT2D eigenvalue weighted by Gasteiger charge is 2.40. The van der Waals surface area contributed by atoms with Crippen LogP contribution >= 0.6 is 0 Å². The summed E-state index contributed by atoms with van der Waals surface area (Å²) in [5.74, 6) is 0.131. The van der Waals surface area contributed by atoms with Crippen LogP contribution in [-0.2, 0) is 4.79 Å². The minimum Gasteiger partial charge on any atom is -0.341 e. The molecule has 0 aromatic carbocycles. The molecule has 0 aliphatic heterocycles. The first-order valence-corrected chi connectivity index (χ1v) is 5.12. The van der Waals surface area contributed by atoms with Crippen LogP contribution in [0.1, 0.15) is 34.6 Å². The van der Waals surface area contributed by atoms with Crippen molar-refractivity contribution in [1.82, 2.24) is 10.6 Å². The van der Waals surface area contributed by atoms with Crippen LogP contribution in [0.3, 0.4) is 0 Å². The van der Waals surface area contributed by atoms with E-state index >= 15 is 0 Å².